The fourth-order valence-electron chi connectivity index (χ4n) is 10.6. The van der Waals surface area contributed by atoms with Crippen molar-refractivity contribution >= 4 is 64.1 Å². The Morgan fingerprint density at radius 2 is 1.18 bits per heavy atom. The van der Waals surface area contributed by atoms with Crippen LogP contribution in [0.4, 0.5) is 0 Å². The summed E-state index contributed by atoms with van der Waals surface area (Å²) in [4.78, 5) is 132. The molecule has 0 saturated carbocycles. The van der Waals surface area contributed by atoms with Crippen molar-refractivity contribution in [2.75, 3.05) is 32.7 Å². The molecule has 0 unspecified atom stereocenters. The number of nitrogens with two attached hydrogens (primary N) is 4. The van der Waals surface area contributed by atoms with Crippen LogP contribution in [0.2, 0.25) is 0 Å². The number of amides is 9. The van der Waals surface area contributed by atoms with Gasteiger partial charge in [0.2, 0.25) is 53.2 Å². The van der Waals surface area contributed by atoms with Gasteiger partial charge in [0.1, 0.15) is 48.3 Å². The molecule has 1 saturated heterocycles. The molecule has 0 bridgehead atoms. The number of hydrogen-bond acceptors (Lipinski definition) is 14. The van der Waals surface area contributed by atoms with Crippen LogP contribution >= 0.6 is 0 Å². The Morgan fingerprint density at radius 3 is 1.78 bits per heavy atom. The van der Waals surface area contributed by atoms with Crippen LogP contribution in [-0.4, -0.2) is 150 Å². The summed E-state index contributed by atoms with van der Waals surface area (Å²) in [7, 11) is 0. The highest BCUT2D eigenvalue weighted by Gasteiger charge is 2.39. The van der Waals surface area contributed by atoms with Gasteiger partial charge >= 0.3 is 0 Å². The number of hydrogen-bond donors (Lipinski definition) is 15. The first-order chi connectivity index (χ1) is 39.4. The molecule has 452 valence electrons. The van der Waals surface area contributed by atoms with Crippen molar-refractivity contribution in [2.24, 2.45) is 34.8 Å². The minimum atomic E-state index is -1.50. The van der Waals surface area contributed by atoms with E-state index in [1.165, 1.54) is 0 Å². The highest BCUT2D eigenvalue weighted by Crippen LogP contribution is 2.29. The number of unbranched alkanes of at least 4 members (excludes halogenated alkanes) is 4. The summed E-state index contributed by atoms with van der Waals surface area (Å²) >= 11 is 0. The standard InChI is InChI=1S/C58H90N14O10/c1-4-5-6-7-8-15-39(73)32-49(74)65-42(18-23-59)52(76)69-46-22-27-63-51(75)48(31-38-33-64-41-17-12-11-16-40(38)41)70-54(78)44(20-25-61)66-53(77)43(19-24-60)68-57(81)47(28-34(2)3)71-58(82)50(37-29-35-13-9-10-14-36(35)30-37)72-56(80)45(21-26-62)67-55(46)79/h9-14,16-17,33-34,37,39,42-48,50,64,73H,4-8,15,18-32,59-62H2,1-3H3,(H,63,75)(H,65,74)(H,66,77)(H,67,79)(H,68,81)(H,69,76)(H,70,78)(H,71,82)(H,72,80)/t39-,42-,43+,44+,45+,46+,47+,48+,50-/m1/s1. The number of carbonyl (C=O) groups is 9. The summed E-state index contributed by atoms with van der Waals surface area (Å²) in [6.07, 6.45) is 5.75. The van der Waals surface area contributed by atoms with E-state index in [1.54, 1.807) is 6.20 Å². The van der Waals surface area contributed by atoms with Crippen molar-refractivity contribution in [2.45, 2.75) is 178 Å². The molecule has 19 N–H and O–H groups in total. The maximum absolute atomic E-state index is 14.8. The first-order valence-corrected chi connectivity index (χ1v) is 29.2. The number of aromatic amines is 1. The van der Waals surface area contributed by atoms with Crippen molar-refractivity contribution in [1.82, 2.24) is 52.8 Å². The summed E-state index contributed by atoms with van der Waals surface area (Å²) < 4.78 is 0. The average Bonchev–Trinajstić information content (AvgIpc) is 4.07. The Hall–Kier alpha value is -6.99. The molecule has 3 aromatic rings. The zero-order valence-electron chi connectivity index (χ0n) is 47.8. The summed E-state index contributed by atoms with van der Waals surface area (Å²) in [5.74, 6) is -7.51. The van der Waals surface area contributed by atoms with E-state index in [0.717, 1.165) is 54.1 Å². The van der Waals surface area contributed by atoms with Crippen molar-refractivity contribution in [3.8, 4) is 0 Å². The van der Waals surface area contributed by atoms with Crippen LogP contribution in [0.15, 0.2) is 54.7 Å². The smallest absolute Gasteiger partial charge is 0.243 e. The second-order valence-corrected chi connectivity index (χ2v) is 22.1. The van der Waals surface area contributed by atoms with Gasteiger partial charge in [-0.1, -0.05) is 95.3 Å². The molecule has 5 rings (SSSR count). The molecule has 2 aliphatic rings. The summed E-state index contributed by atoms with van der Waals surface area (Å²) in [6.45, 7) is 5.19. The molecule has 1 aliphatic carbocycles. The van der Waals surface area contributed by atoms with Crippen LogP contribution in [0.1, 0.15) is 121 Å². The van der Waals surface area contributed by atoms with Gasteiger partial charge in [0.15, 0.2) is 0 Å². The van der Waals surface area contributed by atoms with Gasteiger partial charge in [-0.25, -0.2) is 0 Å². The van der Waals surface area contributed by atoms with E-state index in [9.17, 15) is 48.3 Å². The highest BCUT2D eigenvalue weighted by atomic mass is 16.3. The van der Waals surface area contributed by atoms with Crippen LogP contribution < -0.4 is 70.8 Å². The monoisotopic (exact) mass is 1140 g/mol. The molecule has 0 spiro atoms. The van der Waals surface area contributed by atoms with Gasteiger partial charge in [0.25, 0.3) is 0 Å². The molecule has 1 aliphatic heterocycles. The molecular weight excluding hydrogens is 1050 g/mol. The molecule has 1 fully saturated rings. The van der Waals surface area contributed by atoms with Crippen LogP contribution in [0, 0.1) is 11.8 Å². The van der Waals surface area contributed by atoms with Crippen molar-refractivity contribution in [3.63, 3.8) is 0 Å². The van der Waals surface area contributed by atoms with Crippen LogP contribution in [0.3, 0.4) is 0 Å². The highest BCUT2D eigenvalue weighted by molar-refractivity contribution is 5.98. The summed E-state index contributed by atoms with van der Waals surface area (Å²) in [6, 6.07) is 4.34. The lowest BCUT2D eigenvalue weighted by molar-refractivity contribution is -0.136. The summed E-state index contributed by atoms with van der Waals surface area (Å²) in [5, 5.41) is 36.2. The third-order valence-corrected chi connectivity index (χ3v) is 15.0. The van der Waals surface area contributed by atoms with E-state index in [1.807, 2.05) is 62.4 Å². The Kier molecular flexibility index (Phi) is 27.1. The van der Waals surface area contributed by atoms with E-state index in [-0.39, 0.29) is 90.0 Å². The van der Waals surface area contributed by atoms with Crippen molar-refractivity contribution in [3.05, 3.63) is 71.4 Å². The lowest BCUT2D eigenvalue weighted by Crippen LogP contribution is -2.61. The minimum Gasteiger partial charge on any atom is -0.393 e. The molecule has 9 amide bonds. The topological polar surface area (TPSA) is 402 Å². The largest absolute Gasteiger partial charge is 0.393 e. The fourth-order valence-corrected chi connectivity index (χ4v) is 10.6. The number of aromatic nitrogens is 1. The van der Waals surface area contributed by atoms with Gasteiger partial charge in [-0.3, -0.25) is 43.2 Å². The minimum absolute atomic E-state index is 0.0542. The molecule has 0 radical (unpaired) electrons. The zero-order valence-corrected chi connectivity index (χ0v) is 47.8. The first-order valence-electron chi connectivity index (χ1n) is 29.2. The predicted octanol–water partition coefficient (Wildman–Crippen LogP) is -0.924. The lowest BCUT2D eigenvalue weighted by atomic mass is 9.94. The van der Waals surface area contributed by atoms with Gasteiger partial charge in [0.05, 0.1) is 12.5 Å². The molecular formula is C58H90N14O10. The van der Waals surface area contributed by atoms with E-state index in [0.29, 0.717) is 24.8 Å². The van der Waals surface area contributed by atoms with Crippen molar-refractivity contribution in [1.29, 1.82) is 0 Å². The lowest BCUT2D eigenvalue weighted by Gasteiger charge is -2.30. The molecule has 24 heteroatoms. The SMILES string of the molecule is CCCCCCC[C@@H](O)CC(=O)N[C@H](CCN)C(=O)N[C@H]1CCNC(=O)[C@H](Cc2c[nH]c3ccccc23)NC(=O)[C@H](CCN)NC(=O)[C@H](CCN)NC(=O)[C@H](CC(C)C)NC(=O)[C@@H](C2Cc3ccccc3C2)NC(=O)[C@H](CCN)NC1=O. The van der Waals surface area contributed by atoms with Gasteiger partial charge in [-0.2, -0.15) is 0 Å². The summed E-state index contributed by atoms with van der Waals surface area (Å²) in [5.41, 5.74) is 27.3. The number of H-pyrrole nitrogens is 1. The number of fused-ring (bicyclic) bond motifs is 2. The number of benzene rings is 2. The third kappa shape index (κ3) is 20.2. The molecule has 24 nitrogen and oxygen atoms in total. The second kappa shape index (κ2) is 33.8. The van der Waals surface area contributed by atoms with E-state index >= 15 is 0 Å². The van der Waals surface area contributed by atoms with Gasteiger partial charge < -0.3 is 80.9 Å². The molecule has 9 atom stereocenters. The van der Waals surface area contributed by atoms with E-state index in [4.69, 9.17) is 22.9 Å². The number of nitrogens with one attached hydrogen (secondary N) is 10. The Balaban J connectivity index is 1.53. The Labute approximate surface area is 480 Å². The predicted molar refractivity (Wildman–Crippen MR) is 311 cm³/mol. The zero-order chi connectivity index (χ0) is 59.7. The van der Waals surface area contributed by atoms with Gasteiger partial charge in [-0.05, 0) is 119 Å². The molecule has 82 heavy (non-hydrogen) atoms. The number of para-hydroxylation sites is 1. The first kappa shape index (κ1) is 65.8. The Bertz CT molecular complexity index is 2590. The maximum Gasteiger partial charge on any atom is 0.243 e. The average molecular weight is 1140 g/mol. The number of carbonyl (C=O) groups excluding carboxylic acids is 9. The third-order valence-electron chi connectivity index (χ3n) is 15.0. The normalized spacial score (nSPS) is 22.8. The fraction of sp³-hybridized carbons (Fsp3) is 0.603. The van der Waals surface area contributed by atoms with E-state index in [2.05, 4.69) is 59.8 Å². The molecule has 2 heterocycles. The van der Waals surface area contributed by atoms with Crippen LogP contribution in [0.25, 0.3) is 10.9 Å². The second-order valence-electron chi connectivity index (χ2n) is 22.1. The van der Waals surface area contributed by atoms with Gasteiger partial charge in [-0.15, -0.1) is 0 Å². The molecule has 2 aromatic carbocycles. The maximum atomic E-state index is 14.8. The quantitative estimate of drug-likeness (QED) is 0.0483. The number of rotatable bonds is 24. The van der Waals surface area contributed by atoms with E-state index < -0.39 is 114 Å². The van der Waals surface area contributed by atoms with Crippen LogP contribution in [0.5, 0.6) is 0 Å². The number of aliphatic hydroxyl groups excluding tert-OH is 1. The Morgan fingerprint density at radius 1 is 0.634 bits per heavy atom. The molecule has 1 aromatic heterocycles. The van der Waals surface area contributed by atoms with Crippen LogP contribution in [-0.2, 0) is 62.4 Å². The number of aliphatic hydroxyl groups is 1. The van der Waals surface area contributed by atoms with Gasteiger partial charge in [0, 0.05) is 30.1 Å². The van der Waals surface area contributed by atoms with Crippen molar-refractivity contribution < 1.29 is 48.3 Å².